The van der Waals surface area contributed by atoms with Crippen LogP contribution < -0.4 is 5.73 Å². The molecule has 10 heteroatoms. The summed E-state index contributed by atoms with van der Waals surface area (Å²) in [6.07, 6.45) is 51.5. The largest absolute Gasteiger partial charge is 0.472 e. The lowest BCUT2D eigenvalue weighted by molar-refractivity contribution is -0.161. The van der Waals surface area contributed by atoms with Crippen LogP contribution in [-0.2, 0) is 32.7 Å². The SMILES string of the molecule is CC/C=C/C/C=C/C/C=C/C/C=C/C/C=C/CCCCCC(=O)O[C@H](COC(=O)CCCC/C=C/C/C=C/C/C=C/CCCCC)COP(=O)(O)OCCN. The highest BCUT2D eigenvalue weighted by Crippen LogP contribution is 2.43. The number of carbonyl (C=O) groups is 2. The van der Waals surface area contributed by atoms with Gasteiger partial charge in [0.1, 0.15) is 6.61 Å². The second-order valence-electron chi connectivity index (χ2n) is 13.1. The van der Waals surface area contributed by atoms with Crippen LogP contribution in [0.2, 0.25) is 0 Å². The Morgan fingerprint density at radius 3 is 1.49 bits per heavy atom. The normalized spacial score (nSPS) is 14.3. The van der Waals surface area contributed by atoms with Crippen LogP contribution in [0.15, 0.2) is 97.2 Å². The minimum absolute atomic E-state index is 0.0367. The number of esters is 2. The molecule has 0 aliphatic rings. The summed E-state index contributed by atoms with van der Waals surface area (Å²) >= 11 is 0. The van der Waals surface area contributed by atoms with E-state index in [9.17, 15) is 19.0 Å². The van der Waals surface area contributed by atoms with E-state index in [-0.39, 0.29) is 32.6 Å². The van der Waals surface area contributed by atoms with Gasteiger partial charge in [-0.15, -0.1) is 0 Å². The number of hydrogen-bond donors (Lipinski definition) is 2. The van der Waals surface area contributed by atoms with Gasteiger partial charge in [0.25, 0.3) is 0 Å². The van der Waals surface area contributed by atoms with E-state index in [2.05, 4.69) is 111 Å². The van der Waals surface area contributed by atoms with Gasteiger partial charge in [0.05, 0.1) is 13.2 Å². The van der Waals surface area contributed by atoms with Crippen molar-refractivity contribution >= 4 is 19.8 Å². The second kappa shape index (κ2) is 40.6. The van der Waals surface area contributed by atoms with Gasteiger partial charge in [-0.25, -0.2) is 4.57 Å². The standard InChI is InChI=1S/C45H74NO8P/c1-3-5-7-9-11-13-15-17-19-20-21-22-24-26-28-30-32-34-36-38-45(48)54-43(42-53-55(49,50)52-40-39-46)41-51-44(47)37-35-33-31-29-27-25-23-18-16-14-12-10-8-6-4-2/h5,7,11-14,17-19,21-23,26-29,43H,3-4,6,8-10,15-16,20,24-25,30-42,46H2,1-2H3,(H,49,50)/b7-5+,13-11+,14-12+,19-17+,22-21+,23-18+,28-26+,29-27+/t43-/m1/s1. The lowest BCUT2D eigenvalue weighted by Crippen LogP contribution is -2.29. The Balaban J connectivity index is 4.34. The van der Waals surface area contributed by atoms with E-state index in [0.717, 1.165) is 83.5 Å². The van der Waals surface area contributed by atoms with Gasteiger partial charge in [-0.1, -0.05) is 130 Å². The third-order valence-corrected chi connectivity index (χ3v) is 8.94. The number of ether oxygens (including phenoxy) is 2. The summed E-state index contributed by atoms with van der Waals surface area (Å²) in [5, 5.41) is 0. The first-order chi connectivity index (χ1) is 26.8. The number of unbranched alkanes of at least 4 members (excludes halogenated alkanes) is 8. The first kappa shape index (κ1) is 51.9. The van der Waals surface area contributed by atoms with Crippen molar-refractivity contribution in [3.8, 4) is 0 Å². The molecule has 0 fully saturated rings. The van der Waals surface area contributed by atoms with Crippen molar-refractivity contribution in [1.82, 2.24) is 0 Å². The molecule has 0 aliphatic heterocycles. The molecule has 0 aromatic heterocycles. The summed E-state index contributed by atoms with van der Waals surface area (Å²) in [6, 6.07) is 0. The van der Waals surface area contributed by atoms with Gasteiger partial charge in [-0.05, 0) is 96.3 Å². The van der Waals surface area contributed by atoms with Crippen molar-refractivity contribution in [3.63, 3.8) is 0 Å². The Bertz CT molecular complexity index is 1220. The molecule has 0 aliphatic carbocycles. The smallest absolute Gasteiger partial charge is 0.462 e. The maximum Gasteiger partial charge on any atom is 0.472 e. The van der Waals surface area contributed by atoms with Crippen molar-refractivity contribution < 1.29 is 37.6 Å². The van der Waals surface area contributed by atoms with Crippen molar-refractivity contribution in [2.45, 2.75) is 148 Å². The van der Waals surface area contributed by atoms with Crippen LogP contribution in [0.1, 0.15) is 142 Å². The molecular weight excluding hydrogens is 713 g/mol. The predicted molar refractivity (Wildman–Crippen MR) is 228 cm³/mol. The van der Waals surface area contributed by atoms with Crippen LogP contribution in [0.4, 0.5) is 0 Å². The Morgan fingerprint density at radius 2 is 1.00 bits per heavy atom. The van der Waals surface area contributed by atoms with E-state index in [1.807, 2.05) is 0 Å². The maximum atomic E-state index is 12.6. The predicted octanol–water partition coefficient (Wildman–Crippen LogP) is 11.8. The monoisotopic (exact) mass is 788 g/mol. The molecular formula is C45H74NO8P. The summed E-state index contributed by atoms with van der Waals surface area (Å²) in [5.41, 5.74) is 5.34. The summed E-state index contributed by atoms with van der Waals surface area (Å²) in [5.74, 6) is -0.923. The van der Waals surface area contributed by atoms with Gasteiger partial charge < -0.3 is 20.1 Å². The summed E-state index contributed by atoms with van der Waals surface area (Å²) in [6.45, 7) is 3.47. The molecule has 0 spiro atoms. The van der Waals surface area contributed by atoms with Crippen LogP contribution >= 0.6 is 7.82 Å². The molecule has 0 bridgehead atoms. The Morgan fingerprint density at radius 1 is 0.564 bits per heavy atom. The number of carbonyl (C=O) groups excluding carboxylic acids is 2. The highest BCUT2D eigenvalue weighted by atomic mass is 31.2. The lowest BCUT2D eigenvalue weighted by atomic mass is 10.1. The van der Waals surface area contributed by atoms with Gasteiger partial charge >= 0.3 is 19.8 Å². The molecule has 55 heavy (non-hydrogen) atoms. The average Bonchev–Trinajstić information content (AvgIpc) is 3.17. The molecule has 3 N–H and O–H groups in total. The van der Waals surface area contributed by atoms with Crippen molar-refractivity contribution in [1.29, 1.82) is 0 Å². The molecule has 9 nitrogen and oxygen atoms in total. The van der Waals surface area contributed by atoms with E-state index in [4.69, 9.17) is 24.3 Å². The number of phosphoric acid groups is 1. The van der Waals surface area contributed by atoms with Gasteiger partial charge in [0.2, 0.25) is 0 Å². The molecule has 0 saturated carbocycles. The van der Waals surface area contributed by atoms with E-state index in [1.54, 1.807) is 0 Å². The van der Waals surface area contributed by atoms with Crippen LogP contribution in [0.5, 0.6) is 0 Å². The average molecular weight is 788 g/mol. The molecule has 1 unspecified atom stereocenters. The quantitative estimate of drug-likeness (QED) is 0.0273. The van der Waals surface area contributed by atoms with Crippen LogP contribution in [-0.4, -0.2) is 49.3 Å². The van der Waals surface area contributed by atoms with Crippen molar-refractivity contribution in [2.75, 3.05) is 26.4 Å². The molecule has 0 rings (SSSR count). The zero-order valence-electron chi connectivity index (χ0n) is 34.1. The third kappa shape index (κ3) is 40.4. The van der Waals surface area contributed by atoms with E-state index >= 15 is 0 Å². The zero-order valence-corrected chi connectivity index (χ0v) is 35.0. The molecule has 0 heterocycles. The number of phosphoric ester groups is 1. The van der Waals surface area contributed by atoms with Crippen molar-refractivity contribution in [2.24, 2.45) is 5.73 Å². The number of rotatable bonds is 37. The van der Waals surface area contributed by atoms with Crippen LogP contribution in [0, 0.1) is 0 Å². The maximum absolute atomic E-state index is 12.6. The van der Waals surface area contributed by atoms with Crippen LogP contribution in [0.3, 0.4) is 0 Å². The van der Waals surface area contributed by atoms with Crippen molar-refractivity contribution in [3.05, 3.63) is 97.2 Å². The minimum atomic E-state index is -4.40. The molecule has 312 valence electrons. The molecule has 0 radical (unpaired) electrons. The van der Waals surface area contributed by atoms with Gasteiger partial charge in [0, 0.05) is 19.4 Å². The molecule has 0 aromatic rings. The van der Waals surface area contributed by atoms with Gasteiger partial charge in [-0.3, -0.25) is 18.6 Å². The van der Waals surface area contributed by atoms with E-state index < -0.39 is 32.5 Å². The topological polar surface area (TPSA) is 134 Å². The minimum Gasteiger partial charge on any atom is -0.462 e. The molecule has 0 amide bonds. The van der Waals surface area contributed by atoms with Crippen LogP contribution in [0.25, 0.3) is 0 Å². The highest BCUT2D eigenvalue weighted by Gasteiger charge is 2.25. The fourth-order valence-corrected chi connectivity index (χ4v) is 5.67. The highest BCUT2D eigenvalue weighted by molar-refractivity contribution is 7.47. The van der Waals surface area contributed by atoms with E-state index in [1.165, 1.54) is 19.3 Å². The summed E-state index contributed by atoms with van der Waals surface area (Å²) in [4.78, 5) is 34.8. The van der Waals surface area contributed by atoms with Gasteiger partial charge in [-0.2, -0.15) is 0 Å². The molecule has 0 saturated heterocycles. The zero-order chi connectivity index (χ0) is 40.3. The Labute approximate surface area is 334 Å². The fourth-order valence-electron chi connectivity index (χ4n) is 4.90. The number of allylic oxidation sites excluding steroid dienone is 16. The number of nitrogens with two attached hydrogens (primary N) is 1. The second-order valence-corrected chi connectivity index (χ2v) is 14.6. The first-order valence-corrected chi connectivity index (χ1v) is 22.2. The summed E-state index contributed by atoms with van der Waals surface area (Å²) < 4.78 is 32.7. The Kier molecular flexibility index (Phi) is 38.3. The lowest BCUT2D eigenvalue weighted by Gasteiger charge is -2.19. The Hall–Kier alpha value is -3.07. The fraction of sp³-hybridized carbons (Fsp3) is 0.600. The number of hydrogen-bond acceptors (Lipinski definition) is 8. The first-order valence-electron chi connectivity index (χ1n) is 20.7. The molecule has 2 atom stereocenters. The molecule has 0 aromatic carbocycles. The van der Waals surface area contributed by atoms with Gasteiger partial charge in [0.15, 0.2) is 6.10 Å². The third-order valence-electron chi connectivity index (χ3n) is 7.95. The summed E-state index contributed by atoms with van der Waals surface area (Å²) in [7, 11) is -4.40. The van der Waals surface area contributed by atoms with E-state index in [0.29, 0.717) is 12.8 Å².